The van der Waals surface area contributed by atoms with Crippen LogP contribution in [0.5, 0.6) is 0 Å². The van der Waals surface area contributed by atoms with Gasteiger partial charge in [0.05, 0.1) is 5.41 Å². The van der Waals surface area contributed by atoms with Crippen molar-refractivity contribution in [1.82, 2.24) is 5.32 Å². The summed E-state index contributed by atoms with van der Waals surface area (Å²) in [7, 11) is 0. The summed E-state index contributed by atoms with van der Waals surface area (Å²) in [5, 5.41) is 12.7. The first-order valence-corrected chi connectivity index (χ1v) is 6.13. The molecule has 1 heterocycles. The molecule has 0 amide bonds. The van der Waals surface area contributed by atoms with Gasteiger partial charge in [-0.3, -0.25) is 4.79 Å². The van der Waals surface area contributed by atoms with Gasteiger partial charge in [-0.2, -0.15) is 0 Å². The number of rotatable bonds is 3. The quantitative estimate of drug-likeness (QED) is 0.839. The van der Waals surface area contributed by atoms with Crippen LogP contribution in [0.3, 0.4) is 0 Å². The largest absolute Gasteiger partial charge is 0.481 e. The fraction of sp³-hybridized carbons (Fsp3) is 0.500. The van der Waals surface area contributed by atoms with Crippen LogP contribution in [0.25, 0.3) is 0 Å². The van der Waals surface area contributed by atoms with E-state index in [1.807, 2.05) is 31.2 Å². The lowest BCUT2D eigenvalue weighted by Crippen LogP contribution is -2.47. The van der Waals surface area contributed by atoms with E-state index in [4.69, 9.17) is 0 Å². The number of carboxylic acids is 1. The van der Waals surface area contributed by atoms with Gasteiger partial charge in [0.25, 0.3) is 0 Å². The number of piperidine rings is 1. The van der Waals surface area contributed by atoms with Gasteiger partial charge in [-0.15, -0.1) is 0 Å². The summed E-state index contributed by atoms with van der Waals surface area (Å²) in [6.45, 7) is 3.56. The molecule has 0 saturated carbocycles. The second-order valence-electron chi connectivity index (χ2n) is 4.97. The molecule has 0 aliphatic carbocycles. The van der Waals surface area contributed by atoms with E-state index in [0.717, 1.165) is 24.9 Å². The van der Waals surface area contributed by atoms with Crippen LogP contribution in [0.15, 0.2) is 24.3 Å². The number of hydrogen-bond acceptors (Lipinski definition) is 2. The van der Waals surface area contributed by atoms with Crippen molar-refractivity contribution in [3.63, 3.8) is 0 Å². The lowest BCUT2D eigenvalue weighted by molar-refractivity contribution is -0.150. The van der Waals surface area contributed by atoms with Crippen molar-refractivity contribution in [2.24, 2.45) is 5.41 Å². The molecule has 1 aliphatic heterocycles. The third-order valence-corrected chi connectivity index (χ3v) is 3.72. The smallest absolute Gasteiger partial charge is 0.311 e. The molecular formula is C14H19NO2. The van der Waals surface area contributed by atoms with E-state index in [0.29, 0.717) is 13.0 Å². The maximum Gasteiger partial charge on any atom is 0.311 e. The van der Waals surface area contributed by atoms with Gasteiger partial charge in [0.15, 0.2) is 0 Å². The molecule has 0 radical (unpaired) electrons. The second-order valence-corrected chi connectivity index (χ2v) is 4.97. The Morgan fingerprint density at radius 3 is 2.82 bits per heavy atom. The molecule has 0 bridgehead atoms. The van der Waals surface area contributed by atoms with E-state index in [2.05, 4.69) is 5.32 Å². The van der Waals surface area contributed by atoms with E-state index >= 15 is 0 Å². The van der Waals surface area contributed by atoms with Crippen LogP contribution in [0.1, 0.15) is 24.0 Å². The Hall–Kier alpha value is -1.35. The van der Waals surface area contributed by atoms with Crippen molar-refractivity contribution >= 4 is 5.97 Å². The van der Waals surface area contributed by atoms with Gasteiger partial charge in [-0.25, -0.2) is 0 Å². The Kier molecular flexibility index (Phi) is 3.48. The third kappa shape index (κ3) is 2.50. The molecule has 17 heavy (non-hydrogen) atoms. The van der Waals surface area contributed by atoms with Crippen molar-refractivity contribution in [3.05, 3.63) is 35.4 Å². The SMILES string of the molecule is Cc1ccccc1CC1(C(=O)O)CCCNC1. The molecule has 1 aromatic rings. The first-order chi connectivity index (χ1) is 8.14. The molecule has 2 rings (SSSR count). The molecule has 3 nitrogen and oxygen atoms in total. The van der Waals surface area contributed by atoms with Crippen LogP contribution in [0.4, 0.5) is 0 Å². The molecule has 1 saturated heterocycles. The highest BCUT2D eigenvalue weighted by atomic mass is 16.4. The van der Waals surface area contributed by atoms with Gasteiger partial charge < -0.3 is 10.4 Å². The van der Waals surface area contributed by atoms with Crippen LogP contribution in [-0.2, 0) is 11.2 Å². The second kappa shape index (κ2) is 4.88. The van der Waals surface area contributed by atoms with Gasteiger partial charge >= 0.3 is 5.97 Å². The summed E-state index contributed by atoms with van der Waals surface area (Å²) in [4.78, 5) is 11.6. The van der Waals surface area contributed by atoms with Crippen LogP contribution in [0.2, 0.25) is 0 Å². The molecular weight excluding hydrogens is 214 g/mol. The molecule has 1 atom stereocenters. The average molecular weight is 233 g/mol. The number of nitrogens with one attached hydrogen (secondary N) is 1. The molecule has 1 unspecified atom stereocenters. The lowest BCUT2D eigenvalue weighted by atomic mass is 9.75. The number of aryl methyl sites for hydroxylation is 1. The van der Waals surface area contributed by atoms with Gasteiger partial charge in [0.1, 0.15) is 0 Å². The Labute approximate surface area is 102 Å². The van der Waals surface area contributed by atoms with Crippen molar-refractivity contribution in [2.75, 3.05) is 13.1 Å². The minimum atomic E-state index is -0.673. The molecule has 1 fully saturated rings. The maximum absolute atomic E-state index is 11.6. The minimum Gasteiger partial charge on any atom is -0.481 e. The van der Waals surface area contributed by atoms with E-state index in [9.17, 15) is 9.90 Å². The number of aliphatic carboxylic acids is 1. The lowest BCUT2D eigenvalue weighted by Gasteiger charge is -2.34. The van der Waals surface area contributed by atoms with Gasteiger partial charge in [-0.05, 0) is 43.9 Å². The molecule has 1 aliphatic rings. The van der Waals surface area contributed by atoms with Crippen molar-refractivity contribution < 1.29 is 9.90 Å². The van der Waals surface area contributed by atoms with E-state index in [-0.39, 0.29) is 0 Å². The standard InChI is InChI=1S/C14H19NO2/c1-11-5-2-3-6-12(11)9-14(13(16)17)7-4-8-15-10-14/h2-3,5-6,15H,4,7-10H2,1H3,(H,16,17). The van der Waals surface area contributed by atoms with Gasteiger partial charge in [-0.1, -0.05) is 24.3 Å². The zero-order valence-electron chi connectivity index (χ0n) is 10.2. The topological polar surface area (TPSA) is 49.3 Å². The predicted octanol–water partition coefficient (Wildman–Crippen LogP) is 1.99. The monoisotopic (exact) mass is 233 g/mol. The first-order valence-electron chi connectivity index (χ1n) is 6.13. The highest BCUT2D eigenvalue weighted by molar-refractivity contribution is 5.75. The Bertz CT molecular complexity index is 408. The van der Waals surface area contributed by atoms with Gasteiger partial charge in [0.2, 0.25) is 0 Å². The Morgan fingerprint density at radius 1 is 1.47 bits per heavy atom. The molecule has 0 aromatic heterocycles. The normalized spacial score (nSPS) is 24.5. The highest BCUT2D eigenvalue weighted by Gasteiger charge is 2.39. The summed E-state index contributed by atoms with van der Waals surface area (Å²) in [5.41, 5.74) is 1.71. The number of carboxylic acid groups (broad SMARTS) is 1. The average Bonchev–Trinajstić information content (AvgIpc) is 2.33. The van der Waals surface area contributed by atoms with Crippen molar-refractivity contribution in [2.45, 2.75) is 26.2 Å². The summed E-state index contributed by atoms with van der Waals surface area (Å²) >= 11 is 0. The number of benzene rings is 1. The van der Waals surface area contributed by atoms with Crippen LogP contribution in [0, 0.1) is 12.3 Å². The summed E-state index contributed by atoms with van der Waals surface area (Å²) in [6.07, 6.45) is 2.34. The Morgan fingerprint density at radius 2 is 2.24 bits per heavy atom. The number of carbonyl (C=O) groups is 1. The van der Waals surface area contributed by atoms with Crippen molar-refractivity contribution in [1.29, 1.82) is 0 Å². The van der Waals surface area contributed by atoms with Gasteiger partial charge in [0, 0.05) is 6.54 Å². The minimum absolute atomic E-state index is 0.580. The van der Waals surface area contributed by atoms with Crippen LogP contribution < -0.4 is 5.32 Å². The maximum atomic E-state index is 11.6. The molecule has 2 N–H and O–H groups in total. The summed E-state index contributed by atoms with van der Waals surface area (Å²) < 4.78 is 0. The van der Waals surface area contributed by atoms with Crippen molar-refractivity contribution in [3.8, 4) is 0 Å². The van der Waals surface area contributed by atoms with Crippen LogP contribution >= 0.6 is 0 Å². The summed E-state index contributed by atoms with van der Waals surface area (Å²) in [6, 6.07) is 8.05. The predicted molar refractivity (Wildman–Crippen MR) is 67.1 cm³/mol. The zero-order chi connectivity index (χ0) is 12.3. The third-order valence-electron chi connectivity index (χ3n) is 3.72. The van der Waals surface area contributed by atoms with E-state index in [1.54, 1.807) is 0 Å². The molecule has 1 aromatic carbocycles. The molecule has 92 valence electrons. The fourth-order valence-corrected chi connectivity index (χ4v) is 2.55. The zero-order valence-corrected chi connectivity index (χ0v) is 10.2. The fourth-order valence-electron chi connectivity index (χ4n) is 2.55. The first kappa shape index (κ1) is 12.1. The summed E-state index contributed by atoms with van der Waals surface area (Å²) in [5.74, 6) is -0.673. The molecule has 0 spiro atoms. The number of hydrogen-bond donors (Lipinski definition) is 2. The van der Waals surface area contributed by atoms with E-state index in [1.165, 1.54) is 5.56 Å². The molecule has 3 heteroatoms. The Balaban J connectivity index is 2.24. The highest BCUT2D eigenvalue weighted by Crippen LogP contribution is 2.31. The van der Waals surface area contributed by atoms with E-state index < -0.39 is 11.4 Å². The van der Waals surface area contributed by atoms with Crippen LogP contribution in [-0.4, -0.2) is 24.2 Å².